The lowest BCUT2D eigenvalue weighted by molar-refractivity contribution is -0.111. The Balaban J connectivity index is 1.79. The van der Waals surface area contributed by atoms with E-state index in [2.05, 4.69) is 36.5 Å². The molecule has 0 aliphatic heterocycles. The molecule has 0 atom stereocenters. The van der Waals surface area contributed by atoms with Crippen molar-refractivity contribution in [2.45, 2.75) is 27.7 Å². The van der Waals surface area contributed by atoms with Gasteiger partial charge >= 0.3 is 0 Å². The maximum atomic E-state index is 12.7. The van der Waals surface area contributed by atoms with E-state index in [0.29, 0.717) is 23.1 Å². The van der Waals surface area contributed by atoms with E-state index in [9.17, 15) is 4.79 Å². The number of rotatable bonds is 6. The van der Waals surface area contributed by atoms with Crippen LogP contribution in [0.25, 0.3) is 27.7 Å². The van der Waals surface area contributed by atoms with E-state index in [1.165, 1.54) is 5.56 Å². The van der Waals surface area contributed by atoms with Crippen molar-refractivity contribution in [2.24, 2.45) is 0 Å². The number of carbonyl (C=O) groups excluding carboxylic acids is 1. The van der Waals surface area contributed by atoms with Crippen molar-refractivity contribution in [3.63, 3.8) is 0 Å². The third-order valence-corrected chi connectivity index (χ3v) is 5.93. The van der Waals surface area contributed by atoms with Gasteiger partial charge in [0.25, 0.3) is 0 Å². The first-order valence-electron chi connectivity index (χ1n) is 10.9. The Bertz CT molecular complexity index is 1350. The van der Waals surface area contributed by atoms with Gasteiger partial charge in [-0.2, -0.15) is 0 Å². The number of benzene rings is 3. The number of halogens is 1. The number of nitrogens with one attached hydrogen (secondary N) is 1. The summed E-state index contributed by atoms with van der Waals surface area (Å²) >= 11 is 6.18. The molecule has 0 unspecified atom stereocenters. The fourth-order valence-electron chi connectivity index (χ4n) is 3.90. The quantitative estimate of drug-likeness (QED) is 0.299. The van der Waals surface area contributed by atoms with Gasteiger partial charge in [0, 0.05) is 28.2 Å². The summed E-state index contributed by atoms with van der Waals surface area (Å²) in [5.74, 6) is 0.459. The van der Waals surface area contributed by atoms with Crippen LogP contribution in [0.2, 0.25) is 5.02 Å². The zero-order valence-corrected chi connectivity index (χ0v) is 19.9. The monoisotopic (exact) mass is 459 g/mol. The number of allylic oxidation sites excluding steroid dienone is 1. The highest BCUT2D eigenvalue weighted by atomic mass is 35.5. The van der Waals surface area contributed by atoms with Gasteiger partial charge in [-0.1, -0.05) is 53.6 Å². The van der Waals surface area contributed by atoms with E-state index in [-0.39, 0.29) is 5.91 Å². The Morgan fingerprint density at radius 2 is 1.85 bits per heavy atom. The fourth-order valence-corrected chi connectivity index (χ4v) is 4.08. The average molecular weight is 460 g/mol. The van der Waals surface area contributed by atoms with Gasteiger partial charge < -0.3 is 14.5 Å². The lowest BCUT2D eigenvalue weighted by Gasteiger charge is -2.15. The van der Waals surface area contributed by atoms with Crippen molar-refractivity contribution < 1.29 is 13.9 Å². The van der Waals surface area contributed by atoms with Crippen molar-refractivity contribution in [2.75, 3.05) is 11.9 Å². The fraction of sp³-hybridized carbons (Fsp3) is 0.179. The van der Waals surface area contributed by atoms with E-state index in [1.54, 1.807) is 24.5 Å². The molecule has 4 rings (SSSR count). The van der Waals surface area contributed by atoms with Crippen molar-refractivity contribution in [1.82, 2.24) is 0 Å². The highest BCUT2D eigenvalue weighted by Crippen LogP contribution is 2.40. The summed E-state index contributed by atoms with van der Waals surface area (Å²) in [7, 11) is 0. The molecule has 0 saturated heterocycles. The maximum absolute atomic E-state index is 12.7. The number of carbonyl (C=O) groups is 1. The van der Waals surface area contributed by atoms with Crippen LogP contribution >= 0.6 is 11.6 Å². The molecule has 1 heterocycles. The minimum absolute atomic E-state index is 0.258. The largest absolute Gasteiger partial charge is 0.493 e. The Hall–Kier alpha value is -3.50. The predicted molar refractivity (Wildman–Crippen MR) is 136 cm³/mol. The lowest BCUT2D eigenvalue weighted by Crippen LogP contribution is -2.09. The van der Waals surface area contributed by atoms with Crippen LogP contribution in [0.5, 0.6) is 5.75 Å². The molecule has 0 radical (unpaired) electrons. The zero-order chi connectivity index (χ0) is 23.5. The topological polar surface area (TPSA) is 51.5 Å². The number of para-hydroxylation sites is 1. The van der Waals surface area contributed by atoms with Gasteiger partial charge in [0.05, 0.1) is 23.6 Å². The van der Waals surface area contributed by atoms with Crippen LogP contribution in [0.15, 0.2) is 71.4 Å². The number of furan rings is 1. The first-order valence-corrected chi connectivity index (χ1v) is 11.3. The summed E-state index contributed by atoms with van der Waals surface area (Å²) in [5.41, 5.74) is 7.17. The van der Waals surface area contributed by atoms with Crippen LogP contribution in [0.3, 0.4) is 0 Å². The van der Waals surface area contributed by atoms with Crippen molar-refractivity contribution in [1.29, 1.82) is 0 Å². The maximum Gasteiger partial charge on any atom is 0.248 e. The second-order valence-corrected chi connectivity index (χ2v) is 8.41. The SMILES string of the molecule is CCOc1c(/C(C)=C/C(=O)Nc2ccccc2Cl)cc2c(-c3ccc(C)cc3)coc2c1C. The van der Waals surface area contributed by atoms with Gasteiger partial charge in [0.1, 0.15) is 11.3 Å². The van der Waals surface area contributed by atoms with Gasteiger partial charge in [-0.25, -0.2) is 0 Å². The molecule has 33 heavy (non-hydrogen) atoms. The zero-order valence-electron chi connectivity index (χ0n) is 19.2. The number of ether oxygens (including phenoxy) is 1. The van der Waals surface area contributed by atoms with Crippen LogP contribution in [-0.2, 0) is 4.79 Å². The van der Waals surface area contributed by atoms with Crippen LogP contribution in [0.1, 0.15) is 30.5 Å². The molecule has 0 saturated carbocycles. The highest BCUT2D eigenvalue weighted by Gasteiger charge is 2.19. The molecule has 4 aromatic rings. The first-order chi connectivity index (χ1) is 15.9. The normalized spacial score (nSPS) is 11.6. The standard InChI is InChI=1S/C28H26ClNO3/c1-5-32-27-19(4)28-22(23(16-33-28)20-12-10-17(2)11-13-20)15-21(27)18(3)14-26(31)30-25-9-7-6-8-24(25)29/h6-16H,5H2,1-4H3,(H,30,31)/b18-14+. The van der Waals surface area contributed by atoms with Crippen LogP contribution in [0, 0.1) is 13.8 Å². The second kappa shape index (κ2) is 9.55. The molecule has 0 aliphatic carbocycles. The molecule has 3 aromatic carbocycles. The van der Waals surface area contributed by atoms with Crippen molar-refractivity contribution in [3.8, 4) is 16.9 Å². The Kier molecular flexibility index (Phi) is 6.57. The molecule has 168 valence electrons. The van der Waals surface area contributed by atoms with Crippen LogP contribution in [-0.4, -0.2) is 12.5 Å². The Labute approximate surface area is 198 Å². The molecule has 4 nitrogen and oxygen atoms in total. The van der Waals surface area contributed by atoms with E-state index < -0.39 is 0 Å². The number of hydrogen-bond donors (Lipinski definition) is 1. The smallest absolute Gasteiger partial charge is 0.248 e. The predicted octanol–water partition coefficient (Wildman–Crippen LogP) is 7.81. The van der Waals surface area contributed by atoms with Gasteiger partial charge in [-0.05, 0) is 57.0 Å². The molecule has 0 spiro atoms. The van der Waals surface area contributed by atoms with Gasteiger partial charge in [-0.15, -0.1) is 0 Å². The van der Waals surface area contributed by atoms with Gasteiger partial charge in [0.15, 0.2) is 0 Å². The van der Waals surface area contributed by atoms with E-state index in [1.807, 2.05) is 39.0 Å². The summed E-state index contributed by atoms with van der Waals surface area (Å²) in [4.78, 5) is 12.7. The minimum Gasteiger partial charge on any atom is -0.493 e. The van der Waals surface area contributed by atoms with E-state index >= 15 is 0 Å². The Morgan fingerprint density at radius 1 is 1.12 bits per heavy atom. The molecule has 5 heteroatoms. The van der Waals surface area contributed by atoms with Crippen molar-refractivity contribution in [3.05, 3.63) is 88.6 Å². The second-order valence-electron chi connectivity index (χ2n) is 8.00. The number of anilines is 1. The molecule has 0 aliphatic rings. The Morgan fingerprint density at radius 3 is 2.55 bits per heavy atom. The van der Waals surface area contributed by atoms with Gasteiger partial charge in [-0.3, -0.25) is 4.79 Å². The highest BCUT2D eigenvalue weighted by molar-refractivity contribution is 6.33. The molecular formula is C28H26ClNO3. The van der Waals surface area contributed by atoms with Gasteiger partial charge in [0.2, 0.25) is 5.91 Å². The number of fused-ring (bicyclic) bond motifs is 1. The first kappa shape index (κ1) is 22.7. The van der Waals surface area contributed by atoms with Crippen molar-refractivity contribution >= 4 is 39.7 Å². The summed E-state index contributed by atoms with van der Waals surface area (Å²) in [6.45, 7) is 8.40. The summed E-state index contributed by atoms with van der Waals surface area (Å²) < 4.78 is 12.0. The summed E-state index contributed by atoms with van der Waals surface area (Å²) in [6.07, 6.45) is 3.35. The lowest BCUT2D eigenvalue weighted by atomic mass is 9.96. The molecule has 1 amide bonds. The van der Waals surface area contributed by atoms with Crippen LogP contribution in [0.4, 0.5) is 5.69 Å². The average Bonchev–Trinajstić information content (AvgIpc) is 3.22. The summed E-state index contributed by atoms with van der Waals surface area (Å²) in [6, 6.07) is 17.5. The molecule has 1 aromatic heterocycles. The minimum atomic E-state index is -0.258. The molecule has 0 bridgehead atoms. The van der Waals surface area contributed by atoms with Crippen LogP contribution < -0.4 is 10.1 Å². The number of aryl methyl sites for hydroxylation is 2. The third-order valence-electron chi connectivity index (χ3n) is 5.60. The number of amides is 1. The number of hydrogen-bond acceptors (Lipinski definition) is 3. The molecular weight excluding hydrogens is 434 g/mol. The van der Waals surface area contributed by atoms with E-state index in [4.69, 9.17) is 20.8 Å². The molecule has 1 N–H and O–H groups in total. The third kappa shape index (κ3) is 4.67. The van der Waals surface area contributed by atoms with E-state index in [0.717, 1.165) is 38.8 Å². The molecule has 0 fully saturated rings. The summed E-state index contributed by atoms with van der Waals surface area (Å²) in [5, 5.41) is 4.32.